The summed E-state index contributed by atoms with van der Waals surface area (Å²) in [5.41, 5.74) is 5.95. The predicted molar refractivity (Wildman–Crippen MR) is 60.7 cm³/mol. The molecule has 7 nitrogen and oxygen atoms in total. The highest BCUT2D eigenvalue weighted by atomic mass is 16.6. The summed E-state index contributed by atoms with van der Waals surface area (Å²) >= 11 is 0. The van der Waals surface area contributed by atoms with Crippen molar-refractivity contribution in [2.24, 2.45) is 12.8 Å². The topological polar surface area (TPSA) is 96.2 Å². The lowest BCUT2D eigenvalue weighted by Gasteiger charge is -2.28. The molecule has 1 aromatic rings. The monoisotopic (exact) mass is 240 g/mol. The second-order valence-corrected chi connectivity index (χ2v) is 4.35. The second-order valence-electron chi connectivity index (χ2n) is 4.35. The zero-order valence-corrected chi connectivity index (χ0v) is 9.70. The minimum atomic E-state index is -0.538. The quantitative estimate of drug-likeness (QED) is 0.627. The van der Waals surface area contributed by atoms with Crippen LogP contribution < -0.4 is 10.5 Å². The van der Waals surface area contributed by atoms with Gasteiger partial charge in [0.2, 0.25) is 6.33 Å². The number of nitrogens with zero attached hydrogens (tertiary/aromatic N) is 3. The van der Waals surface area contributed by atoms with Gasteiger partial charge in [-0.2, -0.15) is 0 Å². The van der Waals surface area contributed by atoms with Gasteiger partial charge in [-0.3, -0.25) is 4.57 Å². The van der Waals surface area contributed by atoms with E-state index in [1.54, 1.807) is 7.05 Å². The molecule has 1 aromatic heterocycles. The van der Waals surface area contributed by atoms with Gasteiger partial charge in [0.15, 0.2) is 0 Å². The smallest absolute Gasteiger partial charge is 0.426 e. The van der Waals surface area contributed by atoms with Crippen molar-refractivity contribution >= 4 is 5.82 Å². The van der Waals surface area contributed by atoms with Crippen molar-refractivity contribution in [1.82, 2.24) is 9.55 Å². The summed E-state index contributed by atoms with van der Waals surface area (Å²) in [5.74, 6) is -0.0531. The van der Waals surface area contributed by atoms with E-state index in [0.29, 0.717) is 0 Å². The minimum Gasteiger partial charge on any atom is -0.468 e. The normalized spacial score (nSPS) is 24.6. The number of rotatable bonds is 3. The van der Waals surface area contributed by atoms with Gasteiger partial charge in [-0.25, -0.2) is 0 Å². The average molecular weight is 240 g/mol. The van der Waals surface area contributed by atoms with E-state index < -0.39 is 4.92 Å². The van der Waals surface area contributed by atoms with E-state index in [1.165, 1.54) is 10.9 Å². The molecule has 1 saturated carbocycles. The molecule has 1 aliphatic rings. The van der Waals surface area contributed by atoms with E-state index in [2.05, 4.69) is 4.98 Å². The summed E-state index contributed by atoms with van der Waals surface area (Å²) in [6.07, 6.45) is 5.10. The van der Waals surface area contributed by atoms with Gasteiger partial charge in [-0.1, -0.05) is 6.42 Å². The standard InChI is InChI=1S/C10H16N4O3/c1-13-6-12-9(14(15)16)10(13)17-8-5-3-2-4-7(8)11/h6-8H,2-5,11H2,1H3. The summed E-state index contributed by atoms with van der Waals surface area (Å²) in [6, 6.07) is -0.0572. The summed E-state index contributed by atoms with van der Waals surface area (Å²) in [6.45, 7) is 0. The van der Waals surface area contributed by atoms with Crippen LogP contribution in [0.25, 0.3) is 0 Å². The third-order valence-corrected chi connectivity index (χ3v) is 3.05. The van der Waals surface area contributed by atoms with E-state index in [9.17, 15) is 10.1 Å². The van der Waals surface area contributed by atoms with Gasteiger partial charge in [0, 0.05) is 13.1 Å². The Balaban J connectivity index is 2.17. The molecule has 2 N–H and O–H groups in total. The maximum atomic E-state index is 10.8. The number of nitro groups is 1. The van der Waals surface area contributed by atoms with Crippen LogP contribution in [0.5, 0.6) is 5.88 Å². The highest BCUT2D eigenvalue weighted by molar-refractivity contribution is 5.33. The van der Waals surface area contributed by atoms with Gasteiger partial charge in [-0.05, 0) is 29.2 Å². The van der Waals surface area contributed by atoms with Crippen molar-refractivity contribution in [2.75, 3.05) is 0 Å². The summed E-state index contributed by atoms with van der Waals surface area (Å²) < 4.78 is 7.18. The summed E-state index contributed by atoms with van der Waals surface area (Å²) in [5, 5.41) is 10.8. The summed E-state index contributed by atoms with van der Waals surface area (Å²) in [7, 11) is 1.67. The van der Waals surface area contributed by atoms with E-state index in [0.717, 1.165) is 25.7 Å². The molecule has 1 aliphatic carbocycles. The van der Waals surface area contributed by atoms with Gasteiger partial charge >= 0.3 is 5.82 Å². The molecule has 2 unspecified atom stereocenters. The van der Waals surface area contributed by atoms with E-state index in [-0.39, 0.29) is 23.8 Å². The van der Waals surface area contributed by atoms with Crippen LogP contribution in [-0.4, -0.2) is 26.6 Å². The van der Waals surface area contributed by atoms with E-state index in [4.69, 9.17) is 10.5 Å². The molecule has 0 saturated heterocycles. The molecule has 0 bridgehead atoms. The highest BCUT2D eigenvalue weighted by Crippen LogP contribution is 2.28. The zero-order chi connectivity index (χ0) is 12.4. The second kappa shape index (κ2) is 4.70. The highest BCUT2D eigenvalue weighted by Gasteiger charge is 2.29. The molecule has 2 rings (SSSR count). The maximum absolute atomic E-state index is 10.8. The largest absolute Gasteiger partial charge is 0.468 e. The Bertz CT molecular complexity index is 418. The first kappa shape index (κ1) is 11.8. The third kappa shape index (κ3) is 2.38. The van der Waals surface area contributed by atoms with Gasteiger partial charge in [-0.15, -0.1) is 0 Å². The van der Waals surface area contributed by atoms with Crippen LogP contribution in [-0.2, 0) is 7.05 Å². The molecule has 0 radical (unpaired) electrons. The van der Waals surface area contributed by atoms with Gasteiger partial charge in [0.1, 0.15) is 6.10 Å². The van der Waals surface area contributed by atoms with Gasteiger partial charge in [0.25, 0.3) is 5.88 Å². The fourth-order valence-corrected chi connectivity index (χ4v) is 2.08. The lowest BCUT2D eigenvalue weighted by atomic mass is 9.93. The SMILES string of the molecule is Cn1cnc([N+](=O)[O-])c1OC1CCCCC1N. The van der Waals surface area contributed by atoms with Crippen LogP contribution in [0.1, 0.15) is 25.7 Å². The molecule has 1 fully saturated rings. The Morgan fingerprint density at radius 1 is 1.59 bits per heavy atom. The molecule has 17 heavy (non-hydrogen) atoms. The lowest BCUT2D eigenvalue weighted by molar-refractivity contribution is -0.390. The molecule has 0 amide bonds. The molecular formula is C10H16N4O3. The van der Waals surface area contributed by atoms with E-state index in [1.807, 2.05) is 0 Å². The summed E-state index contributed by atoms with van der Waals surface area (Å²) in [4.78, 5) is 13.9. The Hall–Kier alpha value is -1.63. The Morgan fingerprint density at radius 3 is 2.94 bits per heavy atom. The molecule has 0 spiro atoms. The van der Waals surface area contributed by atoms with Crippen LogP contribution in [0.3, 0.4) is 0 Å². The van der Waals surface area contributed by atoms with Gasteiger partial charge in [0.05, 0.1) is 0 Å². The van der Waals surface area contributed by atoms with Crippen molar-refractivity contribution in [3.63, 3.8) is 0 Å². The van der Waals surface area contributed by atoms with Crippen molar-refractivity contribution in [1.29, 1.82) is 0 Å². The van der Waals surface area contributed by atoms with Crippen LogP contribution >= 0.6 is 0 Å². The molecule has 94 valence electrons. The number of nitrogens with two attached hydrogens (primary N) is 1. The first-order valence-corrected chi connectivity index (χ1v) is 5.67. The molecule has 0 aromatic carbocycles. The van der Waals surface area contributed by atoms with Gasteiger partial charge < -0.3 is 20.6 Å². The Morgan fingerprint density at radius 2 is 2.29 bits per heavy atom. The van der Waals surface area contributed by atoms with Crippen LogP contribution in [0.2, 0.25) is 0 Å². The minimum absolute atomic E-state index is 0.0572. The van der Waals surface area contributed by atoms with Crippen molar-refractivity contribution in [3.05, 3.63) is 16.4 Å². The fraction of sp³-hybridized carbons (Fsp3) is 0.700. The van der Waals surface area contributed by atoms with Crippen molar-refractivity contribution in [2.45, 2.75) is 37.8 Å². The number of aromatic nitrogens is 2. The molecule has 1 heterocycles. The number of ether oxygens (including phenoxy) is 1. The van der Waals surface area contributed by atoms with Crippen LogP contribution in [0.15, 0.2) is 6.33 Å². The third-order valence-electron chi connectivity index (χ3n) is 3.05. The Kier molecular flexibility index (Phi) is 3.28. The molecule has 2 atom stereocenters. The number of aryl methyl sites for hydroxylation is 1. The van der Waals surface area contributed by atoms with Crippen molar-refractivity contribution in [3.8, 4) is 5.88 Å². The molecule has 7 heteroatoms. The Labute approximate surface area is 98.7 Å². The number of hydrogen-bond acceptors (Lipinski definition) is 5. The first-order chi connectivity index (χ1) is 8.09. The molecular weight excluding hydrogens is 224 g/mol. The number of imidazole rings is 1. The lowest BCUT2D eigenvalue weighted by Crippen LogP contribution is -2.41. The predicted octanol–water partition coefficient (Wildman–Crippen LogP) is 0.977. The molecule has 0 aliphatic heterocycles. The maximum Gasteiger partial charge on any atom is 0.426 e. The first-order valence-electron chi connectivity index (χ1n) is 5.67. The zero-order valence-electron chi connectivity index (χ0n) is 9.70. The van der Waals surface area contributed by atoms with Crippen molar-refractivity contribution < 1.29 is 9.66 Å². The van der Waals surface area contributed by atoms with E-state index >= 15 is 0 Å². The average Bonchev–Trinajstić information content (AvgIpc) is 2.64. The fourth-order valence-electron chi connectivity index (χ4n) is 2.08. The van der Waals surface area contributed by atoms with Crippen LogP contribution in [0.4, 0.5) is 5.82 Å². The number of hydrogen-bond donors (Lipinski definition) is 1. The van der Waals surface area contributed by atoms with Crippen LogP contribution in [0, 0.1) is 10.1 Å².